The van der Waals surface area contributed by atoms with Crippen molar-refractivity contribution in [2.24, 2.45) is 0 Å². The van der Waals surface area contributed by atoms with Gasteiger partial charge in [-0.3, -0.25) is 4.98 Å². The Labute approximate surface area is 177 Å². The van der Waals surface area contributed by atoms with Gasteiger partial charge in [-0.15, -0.1) is 11.3 Å². The van der Waals surface area contributed by atoms with Gasteiger partial charge in [-0.05, 0) is 62.4 Å². The number of thiophene rings is 1. The summed E-state index contributed by atoms with van der Waals surface area (Å²) in [4.78, 5) is 22.9. The molecule has 0 bridgehead atoms. The normalized spacial score (nSPS) is 14.3. The van der Waals surface area contributed by atoms with Crippen molar-refractivity contribution < 1.29 is 14.1 Å². The molecule has 8 heteroatoms. The molecule has 1 aliphatic carbocycles. The summed E-state index contributed by atoms with van der Waals surface area (Å²) in [5.41, 5.74) is 2.52. The number of aryl methyl sites for hydroxylation is 1. The Balaban J connectivity index is 1.42. The number of carbonyl (C=O) groups excluding carboxylic acids is 1. The van der Waals surface area contributed by atoms with Crippen LogP contribution in [0.25, 0.3) is 16.4 Å². The zero-order valence-electron chi connectivity index (χ0n) is 16.4. The fourth-order valence-electron chi connectivity index (χ4n) is 3.70. The van der Waals surface area contributed by atoms with E-state index in [0.717, 1.165) is 41.8 Å². The average molecular weight is 420 g/mol. The van der Waals surface area contributed by atoms with Crippen molar-refractivity contribution in [1.29, 1.82) is 0 Å². The van der Waals surface area contributed by atoms with Gasteiger partial charge in [-0.25, -0.2) is 4.79 Å². The lowest BCUT2D eigenvalue weighted by Gasteiger charge is -2.14. The van der Waals surface area contributed by atoms with Gasteiger partial charge >= 0.3 is 5.97 Å². The first-order valence-electron chi connectivity index (χ1n) is 9.93. The number of pyridine rings is 1. The molecule has 0 N–H and O–H groups in total. The van der Waals surface area contributed by atoms with E-state index in [0.29, 0.717) is 11.4 Å². The lowest BCUT2D eigenvalue weighted by molar-refractivity contribution is 0.0264. The molecule has 0 fully saturated rings. The smallest absolute Gasteiger partial charge is 0.342 e. The maximum atomic E-state index is 13.2. The van der Waals surface area contributed by atoms with Crippen molar-refractivity contribution in [2.45, 2.75) is 38.7 Å². The number of aromatic nitrogens is 4. The zero-order valence-corrected chi connectivity index (χ0v) is 17.3. The Morgan fingerprint density at radius 3 is 2.87 bits per heavy atom. The summed E-state index contributed by atoms with van der Waals surface area (Å²) in [5.74, 6) is 0.322. The fourth-order valence-corrected chi connectivity index (χ4v) is 5.04. The number of carbonyl (C=O) groups is 1. The van der Waals surface area contributed by atoms with Gasteiger partial charge in [0.15, 0.2) is 6.10 Å². The third kappa shape index (κ3) is 3.43. The van der Waals surface area contributed by atoms with Crippen LogP contribution in [-0.2, 0) is 17.6 Å². The monoisotopic (exact) mass is 420 g/mol. The van der Waals surface area contributed by atoms with E-state index in [1.165, 1.54) is 4.88 Å². The summed E-state index contributed by atoms with van der Waals surface area (Å²) in [7, 11) is 0. The Bertz CT molecular complexity index is 1160. The van der Waals surface area contributed by atoms with Gasteiger partial charge < -0.3 is 13.8 Å². The van der Waals surface area contributed by atoms with E-state index in [1.807, 2.05) is 35.2 Å². The molecule has 1 unspecified atom stereocenters. The maximum Gasteiger partial charge on any atom is 0.342 e. The molecule has 0 radical (unpaired) electrons. The van der Waals surface area contributed by atoms with Gasteiger partial charge in [-0.1, -0.05) is 5.16 Å². The predicted octanol–water partition coefficient (Wildman–Crippen LogP) is 4.78. The lowest BCUT2D eigenvalue weighted by Crippen LogP contribution is -2.14. The molecule has 1 aliphatic rings. The largest absolute Gasteiger partial charge is 0.449 e. The SMILES string of the molecule is CC(OC(=O)c1c(-n2cccc2)sc2c1CCCC2)c1nc(-c2cccnc2)no1. The van der Waals surface area contributed by atoms with E-state index in [-0.39, 0.29) is 11.9 Å². The molecule has 0 saturated heterocycles. The number of fused-ring (bicyclic) bond motifs is 1. The van der Waals surface area contributed by atoms with Gasteiger partial charge in [0, 0.05) is 35.2 Å². The molecule has 7 nitrogen and oxygen atoms in total. The molecule has 0 spiro atoms. The molecule has 30 heavy (non-hydrogen) atoms. The molecule has 5 rings (SSSR count). The summed E-state index contributed by atoms with van der Waals surface area (Å²) < 4.78 is 13.1. The van der Waals surface area contributed by atoms with Crippen LogP contribution in [0.15, 0.2) is 53.6 Å². The van der Waals surface area contributed by atoms with Crippen LogP contribution in [0, 0.1) is 0 Å². The Hall–Kier alpha value is -3.26. The van der Waals surface area contributed by atoms with Crippen LogP contribution in [0.3, 0.4) is 0 Å². The third-order valence-electron chi connectivity index (χ3n) is 5.19. The third-order valence-corrected chi connectivity index (χ3v) is 6.49. The van der Waals surface area contributed by atoms with Crippen LogP contribution in [0.2, 0.25) is 0 Å². The molecule has 4 aromatic heterocycles. The Morgan fingerprint density at radius 1 is 1.23 bits per heavy atom. The van der Waals surface area contributed by atoms with Gasteiger partial charge in [0.1, 0.15) is 5.00 Å². The molecule has 0 saturated carbocycles. The summed E-state index contributed by atoms with van der Waals surface area (Å²) in [6.07, 6.45) is 10.7. The first-order valence-corrected chi connectivity index (χ1v) is 10.7. The number of hydrogen-bond donors (Lipinski definition) is 0. The van der Waals surface area contributed by atoms with Gasteiger partial charge in [0.2, 0.25) is 5.82 Å². The van der Waals surface area contributed by atoms with Crippen molar-refractivity contribution in [3.8, 4) is 16.4 Å². The highest BCUT2D eigenvalue weighted by atomic mass is 32.1. The first-order chi connectivity index (χ1) is 14.7. The highest BCUT2D eigenvalue weighted by Gasteiger charge is 2.29. The van der Waals surface area contributed by atoms with Crippen LogP contribution in [0.5, 0.6) is 0 Å². The molecule has 1 atom stereocenters. The van der Waals surface area contributed by atoms with Crippen molar-refractivity contribution >= 4 is 17.3 Å². The van der Waals surface area contributed by atoms with Crippen LogP contribution in [0.4, 0.5) is 0 Å². The van der Waals surface area contributed by atoms with E-state index in [4.69, 9.17) is 9.26 Å². The fraction of sp³-hybridized carbons (Fsp3) is 0.273. The van der Waals surface area contributed by atoms with Crippen molar-refractivity contribution in [1.82, 2.24) is 19.7 Å². The van der Waals surface area contributed by atoms with Crippen molar-refractivity contribution in [3.05, 3.63) is 70.9 Å². The van der Waals surface area contributed by atoms with Crippen LogP contribution in [-0.4, -0.2) is 25.7 Å². The van der Waals surface area contributed by atoms with Crippen LogP contribution in [0.1, 0.15) is 52.6 Å². The second kappa shape index (κ2) is 7.87. The number of ether oxygens (including phenoxy) is 1. The molecule has 0 aliphatic heterocycles. The topological polar surface area (TPSA) is 83.0 Å². The summed E-state index contributed by atoms with van der Waals surface area (Å²) >= 11 is 1.68. The Morgan fingerprint density at radius 2 is 2.07 bits per heavy atom. The minimum absolute atomic E-state index is 0.258. The molecular formula is C22H20N4O3S. The molecule has 0 aromatic carbocycles. The molecular weight excluding hydrogens is 400 g/mol. The van der Waals surface area contributed by atoms with E-state index >= 15 is 0 Å². The van der Waals surface area contributed by atoms with E-state index in [2.05, 4.69) is 15.1 Å². The average Bonchev–Trinajstić information content (AvgIpc) is 3.53. The van der Waals surface area contributed by atoms with Crippen molar-refractivity contribution in [3.63, 3.8) is 0 Å². The second-order valence-electron chi connectivity index (χ2n) is 7.23. The van der Waals surface area contributed by atoms with E-state index < -0.39 is 6.10 Å². The highest BCUT2D eigenvalue weighted by Crippen LogP contribution is 2.38. The minimum Gasteiger partial charge on any atom is -0.449 e. The highest BCUT2D eigenvalue weighted by molar-refractivity contribution is 7.15. The summed E-state index contributed by atoms with van der Waals surface area (Å²) in [6.45, 7) is 1.74. The van der Waals surface area contributed by atoms with Crippen molar-refractivity contribution in [2.75, 3.05) is 0 Å². The van der Waals surface area contributed by atoms with Crippen LogP contribution < -0.4 is 0 Å². The lowest BCUT2D eigenvalue weighted by atomic mass is 9.95. The zero-order chi connectivity index (χ0) is 20.5. The van der Waals surface area contributed by atoms with Gasteiger partial charge in [0.25, 0.3) is 5.89 Å². The minimum atomic E-state index is -0.660. The molecule has 152 valence electrons. The molecule has 4 heterocycles. The first kappa shape index (κ1) is 18.7. The standard InChI is InChI=1S/C22H20N4O3S/c1-14(20-24-19(25-29-20)15-7-6-10-23-13-15)28-22(27)18-16-8-2-3-9-17(16)30-21(18)26-11-4-5-12-26/h4-7,10-14H,2-3,8-9H2,1H3. The van der Waals surface area contributed by atoms with E-state index in [1.54, 1.807) is 36.7 Å². The van der Waals surface area contributed by atoms with Gasteiger partial charge in [-0.2, -0.15) is 4.98 Å². The number of nitrogens with zero attached hydrogens (tertiary/aromatic N) is 4. The number of hydrogen-bond acceptors (Lipinski definition) is 7. The quantitative estimate of drug-likeness (QED) is 0.432. The number of rotatable bonds is 5. The maximum absolute atomic E-state index is 13.2. The summed E-state index contributed by atoms with van der Waals surface area (Å²) in [5, 5.41) is 4.89. The van der Waals surface area contributed by atoms with Crippen LogP contribution >= 0.6 is 11.3 Å². The Kier molecular flexibility index (Phi) is 4.92. The van der Waals surface area contributed by atoms with Gasteiger partial charge in [0.05, 0.1) is 5.56 Å². The second-order valence-corrected chi connectivity index (χ2v) is 8.31. The summed E-state index contributed by atoms with van der Waals surface area (Å²) in [6, 6.07) is 7.56. The number of esters is 1. The molecule has 0 amide bonds. The molecule has 4 aromatic rings. The predicted molar refractivity (Wildman–Crippen MR) is 112 cm³/mol. The van der Waals surface area contributed by atoms with E-state index in [9.17, 15) is 4.79 Å².